The van der Waals surface area contributed by atoms with Crippen LogP contribution >= 0.6 is 0 Å². The quantitative estimate of drug-likeness (QED) is 0.137. The second-order valence-electron chi connectivity index (χ2n) is 21.9. The molecule has 0 radical (unpaired) electrons. The van der Waals surface area contributed by atoms with E-state index in [9.17, 15) is 0 Å². The van der Waals surface area contributed by atoms with E-state index in [-0.39, 0.29) is 0 Å². The van der Waals surface area contributed by atoms with E-state index in [0.717, 1.165) is 160 Å². The Bertz CT molecular complexity index is 5450. The zero-order valence-corrected chi connectivity index (χ0v) is 46.0. The van der Waals surface area contributed by atoms with Gasteiger partial charge in [0.25, 0.3) is 0 Å². The van der Waals surface area contributed by atoms with Crippen molar-refractivity contribution in [3.8, 4) is 44.5 Å². The zero-order chi connectivity index (χ0) is 56.0. The molecule has 5 nitrogen and oxygen atoms in total. The van der Waals surface area contributed by atoms with Gasteiger partial charge in [-0.15, -0.1) is 0 Å². The first-order valence-corrected chi connectivity index (χ1v) is 28.9. The Labute approximate surface area is 489 Å². The average molecular weight is 1090 g/mol. The summed E-state index contributed by atoms with van der Waals surface area (Å²) in [5, 5.41) is 11.0. The maximum absolute atomic E-state index is 7.09. The van der Waals surface area contributed by atoms with Gasteiger partial charge in [-0.05, 0) is 106 Å². The van der Waals surface area contributed by atoms with Gasteiger partial charge < -0.3 is 23.1 Å². The minimum atomic E-state index is 0.794. The number of rotatable bonds is 10. The fourth-order valence-corrected chi connectivity index (χ4v) is 13.1. The molecule has 0 aliphatic heterocycles. The van der Waals surface area contributed by atoms with E-state index in [2.05, 4.69) is 295 Å². The van der Waals surface area contributed by atoms with Gasteiger partial charge in [-0.1, -0.05) is 224 Å². The third-order valence-electron chi connectivity index (χ3n) is 17.1. The Hall–Kier alpha value is -11.4. The number of para-hydroxylation sites is 5. The fourth-order valence-electron chi connectivity index (χ4n) is 13.1. The van der Waals surface area contributed by atoms with Crippen molar-refractivity contribution in [3.63, 3.8) is 0 Å². The third-order valence-corrected chi connectivity index (χ3v) is 17.1. The van der Waals surface area contributed by atoms with Crippen molar-refractivity contribution in [1.29, 1.82) is 0 Å². The fraction of sp³-hybridized carbons (Fsp3) is 0. The van der Waals surface area contributed by atoms with Gasteiger partial charge in [0.2, 0.25) is 0 Å². The summed E-state index contributed by atoms with van der Waals surface area (Å²) >= 11 is 0. The molecule has 14 aromatic carbocycles. The van der Waals surface area contributed by atoms with E-state index in [1.165, 1.54) is 5.56 Å². The van der Waals surface area contributed by atoms with E-state index >= 15 is 0 Å². The van der Waals surface area contributed by atoms with Crippen molar-refractivity contribution in [2.45, 2.75) is 0 Å². The highest BCUT2D eigenvalue weighted by Crippen LogP contribution is 2.50. The first kappa shape index (κ1) is 48.3. The molecule has 3 aromatic heterocycles. The molecule has 0 atom stereocenters. The number of anilines is 6. The highest BCUT2D eigenvalue weighted by atomic mass is 16.3. The van der Waals surface area contributed by atoms with Gasteiger partial charge in [0.15, 0.2) is 0 Å². The molecule has 0 aliphatic carbocycles. The summed E-state index contributed by atoms with van der Waals surface area (Å²) in [5.41, 5.74) is 19.7. The van der Waals surface area contributed by atoms with Gasteiger partial charge in [0, 0.05) is 82.8 Å². The van der Waals surface area contributed by atoms with Crippen LogP contribution in [0, 0.1) is 0 Å². The number of hydrogen-bond donors (Lipinski definition) is 0. The first-order chi connectivity index (χ1) is 42.1. The van der Waals surface area contributed by atoms with Crippen LogP contribution in [-0.2, 0) is 0 Å². The highest BCUT2D eigenvalue weighted by molar-refractivity contribution is 6.14. The molecular formula is C80H50N2O3. The average Bonchev–Trinajstić information content (AvgIpc) is 4.44. The molecule has 85 heavy (non-hydrogen) atoms. The van der Waals surface area contributed by atoms with Crippen LogP contribution in [0.3, 0.4) is 0 Å². The van der Waals surface area contributed by atoms with Crippen LogP contribution in [0.15, 0.2) is 317 Å². The Morgan fingerprint density at radius 3 is 1.27 bits per heavy atom. The van der Waals surface area contributed by atoms with E-state index < -0.39 is 0 Å². The van der Waals surface area contributed by atoms with Crippen molar-refractivity contribution in [3.05, 3.63) is 303 Å². The second kappa shape index (κ2) is 19.7. The van der Waals surface area contributed by atoms with Crippen molar-refractivity contribution in [1.82, 2.24) is 0 Å². The third kappa shape index (κ3) is 8.01. The molecule has 3 heterocycles. The van der Waals surface area contributed by atoms with Crippen LogP contribution in [-0.4, -0.2) is 0 Å². The summed E-state index contributed by atoms with van der Waals surface area (Å²) in [4.78, 5) is 4.80. The molecule has 0 N–H and O–H groups in total. The van der Waals surface area contributed by atoms with Crippen LogP contribution in [0.2, 0.25) is 0 Å². The molecule has 17 rings (SSSR count). The maximum Gasteiger partial charge on any atom is 0.143 e. The predicted molar refractivity (Wildman–Crippen MR) is 354 cm³/mol. The van der Waals surface area contributed by atoms with Crippen LogP contribution in [0.25, 0.3) is 132 Å². The van der Waals surface area contributed by atoms with E-state index in [4.69, 9.17) is 13.3 Å². The van der Waals surface area contributed by atoms with Crippen LogP contribution in [0.5, 0.6) is 0 Å². The van der Waals surface area contributed by atoms with Crippen molar-refractivity contribution < 1.29 is 13.3 Å². The standard InChI is InChI=1S/C80H50N2O3/c1-2-18-51(19-3-1)52-38-42-57(43-39-52)81(71-34-14-22-53-20-4-6-24-59(53)71)74-48-55(40-45-62(74)68-30-17-32-70-64-28-10-13-37-76(64)85-80(68)70)56-41-46-65-66-47-44-58(50-78(66)83-77(65)49-56)82(72-35-15-23-54-21-5-7-25-60(54)72)73-33-11-8-26-61(73)67-29-16-31-69-63-27-9-12-36-75(63)84-79(67)69/h1-50H. The number of furan rings is 3. The van der Waals surface area contributed by atoms with Gasteiger partial charge >= 0.3 is 0 Å². The largest absolute Gasteiger partial charge is 0.456 e. The Morgan fingerprint density at radius 1 is 0.200 bits per heavy atom. The van der Waals surface area contributed by atoms with Gasteiger partial charge in [-0.25, -0.2) is 0 Å². The van der Waals surface area contributed by atoms with Crippen LogP contribution < -0.4 is 9.80 Å². The predicted octanol–water partition coefficient (Wildman–Crippen LogP) is 23.3. The molecule has 0 unspecified atom stereocenters. The minimum absolute atomic E-state index is 0.794. The number of hydrogen-bond acceptors (Lipinski definition) is 5. The molecule has 0 fully saturated rings. The molecule has 0 aliphatic rings. The molecule has 398 valence electrons. The van der Waals surface area contributed by atoms with Gasteiger partial charge in [-0.2, -0.15) is 0 Å². The summed E-state index contributed by atoms with van der Waals surface area (Å²) in [5.74, 6) is 0. The lowest BCUT2D eigenvalue weighted by Gasteiger charge is -2.30. The lowest BCUT2D eigenvalue weighted by molar-refractivity contribution is 0.669. The Kier molecular flexibility index (Phi) is 11.2. The smallest absolute Gasteiger partial charge is 0.143 e. The summed E-state index contributed by atoms with van der Waals surface area (Å²) in [6.45, 7) is 0. The molecule has 5 heteroatoms. The SMILES string of the molecule is c1ccc(-c2ccc(N(c3cc(-c4ccc5c(c4)oc4cc(N(c6ccccc6-c6cccc7c6oc6ccccc67)c6cccc7ccccc67)ccc45)ccc3-c3cccc4c3oc3ccccc34)c3cccc4ccccc34)cc2)cc1. The lowest BCUT2D eigenvalue weighted by atomic mass is 9.94. The first-order valence-electron chi connectivity index (χ1n) is 28.9. The summed E-state index contributed by atoms with van der Waals surface area (Å²) in [7, 11) is 0. The number of benzene rings is 14. The molecule has 0 saturated heterocycles. The van der Waals surface area contributed by atoms with Crippen molar-refractivity contribution >= 4 is 121 Å². The normalized spacial score (nSPS) is 11.8. The monoisotopic (exact) mass is 1090 g/mol. The number of nitrogens with zero attached hydrogens (tertiary/aromatic N) is 2. The van der Waals surface area contributed by atoms with E-state index in [1.54, 1.807) is 0 Å². The molecule has 0 spiro atoms. The summed E-state index contributed by atoms with van der Waals surface area (Å²) in [6.07, 6.45) is 0. The van der Waals surface area contributed by atoms with Gasteiger partial charge in [0.1, 0.15) is 33.5 Å². The maximum atomic E-state index is 7.09. The Morgan fingerprint density at radius 2 is 0.612 bits per heavy atom. The summed E-state index contributed by atoms with van der Waals surface area (Å²) in [6, 6.07) is 108. The number of fused-ring (bicyclic) bond motifs is 11. The highest BCUT2D eigenvalue weighted by Gasteiger charge is 2.26. The molecular weight excluding hydrogens is 1040 g/mol. The van der Waals surface area contributed by atoms with Crippen molar-refractivity contribution in [2.75, 3.05) is 9.80 Å². The van der Waals surface area contributed by atoms with Gasteiger partial charge in [0.05, 0.1) is 22.7 Å². The van der Waals surface area contributed by atoms with E-state index in [1.807, 2.05) is 18.2 Å². The minimum Gasteiger partial charge on any atom is -0.456 e. The lowest BCUT2D eigenvalue weighted by Crippen LogP contribution is -2.12. The zero-order valence-electron chi connectivity index (χ0n) is 46.0. The van der Waals surface area contributed by atoms with Gasteiger partial charge in [-0.3, -0.25) is 0 Å². The molecule has 0 bridgehead atoms. The van der Waals surface area contributed by atoms with Crippen molar-refractivity contribution in [2.24, 2.45) is 0 Å². The molecule has 17 aromatic rings. The Balaban J connectivity index is 0.840. The van der Waals surface area contributed by atoms with E-state index in [0.29, 0.717) is 0 Å². The second-order valence-corrected chi connectivity index (χ2v) is 21.9. The summed E-state index contributed by atoms with van der Waals surface area (Å²) < 4.78 is 20.6. The molecule has 0 amide bonds. The molecule has 0 saturated carbocycles. The van der Waals surface area contributed by atoms with Crippen LogP contribution in [0.4, 0.5) is 34.1 Å². The van der Waals surface area contributed by atoms with Crippen LogP contribution in [0.1, 0.15) is 0 Å². The topological polar surface area (TPSA) is 45.9 Å².